The first-order valence-corrected chi connectivity index (χ1v) is 4.86. The van der Waals surface area contributed by atoms with E-state index in [-0.39, 0.29) is 5.56 Å². The van der Waals surface area contributed by atoms with Gasteiger partial charge in [0.2, 0.25) is 5.91 Å². The highest BCUT2D eigenvalue weighted by Gasteiger charge is 2.31. The number of primary amides is 1. The molecule has 0 aliphatic rings. The molecule has 1 aromatic rings. The van der Waals surface area contributed by atoms with Crippen LogP contribution >= 0.6 is 0 Å². The standard InChI is InChI=1S/C11H12F3NO/c1-2-3-7-4-5-8(11(12,13)14)6-9(7)10(15)16/h4-6H,2-3H2,1H3,(H2,15,16). The Bertz CT molecular complexity index is 399. The van der Waals surface area contributed by atoms with Gasteiger partial charge in [0.05, 0.1) is 5.56 Å². The van der Waals surface area contributed by atoms with Gasteiger partial charge in [0.1, 0.15) is 0 Å². The van der Waals surface area contributed by atoms with Gasteiger partial charge in [-0.05, 0) is 24.1 Å². The van der Waals surface area contributed by atoms with Crippen molar-refractivity contribution in [3.63, 3.8) is 0 Å². The molecule has 0 saturated carbocycles. The van der Waals surface area contributed by atoms with E-state index in [2.05, 4.69) is 0 Å². The molecule has 1 amide bonds. The zero-order valence-electron chi connectivity index (χ0n) is 8.77. The Balaban J connectivity index is 3.23. The number of amides is 1. The monoisotopic (exact) mass is 231 g/mol. The summed E-state index contributed by atoms with van der Waals surface area (Å²) in [6.07, 6.45) is -3.17. The topological polar surface area (TPSA) is 43.1 Å². The fourth-order valence-corrected chi connectivity index (χ4v) is 1.47. The lowest BCUT2D eigenvalue weighted by Crippen LogP contribution is -2.16. The SMILES string of the molecule is CCCc1ccc(C(F)(F)F)cc1C(N)=O. The summed E-state index contributed by atoms with van der Waals surface area (Å²) in [5.41, 5.74) is 4.72. The summed E-state index contributed by atoms with van der Waals surface area (Å²) in [5, 5.41) is 0. The molecule has 0 radical (unpaired) electrons. The Hall–Kier alpha value is -1.52. The van der Waals surface area contributed by atoms with Crippen LogP contribution in [0.4, 0.5) is 13.2 Å². The van der Waals surface area contributed by atoms with Crippen molar-refractivity contribution in [1.82, 2.24) is 0 Å². The average molecular weight is 231 g/mol. The third-order valence-corrected chi connectivity index (χ3v) is 2.22. The normalized spacial score (nSPS) is 11.5. The molecule has 0 bridgehead atoms. The van der Waals surface area contributed by atoms with Crippen molar-refractivity contribution in [3.05, 3.63) is 34.9 Å². The third kappa shape index (κ3) is 2.74. The summed E-state index contributed by atoms with van der Waals surface area (Å²) in [6, 6.07) is 3.09. The number of benzene rings is 1. The molecule has 0 spiro atoms. The molecule has 2 nitrogen and oxygen atoms in total. The van der Waals surface area contributed by atoms with Crippen LogP contribution in [0, 0.1) is 0 Å². The first kappa shape index (κ1) is 12.5. The molecule has 1 rings (SSSR count). The van der Waals surface area contributed by atoms with Crippen molar-refractivity contribution in [1.29, 1.82) is 0 Å². The lowest BCUT2D eigenvalue weighted by Gasteiger charge is -2.11. The highest BCUT2D eigenvalue weighted by Crippen LogP contribution is 2.30. The summed E-state index contributed by atoms with van der Waals surface area (Å²) in [4.78, 5) is 11.0. The molecule has 88 valence electrons. The Morgan fingerprint density at radius 2 is 2.00 bits per heavy atom. The molecule has 0 saturated heterocycles. The summed E-state index contributed by atoms with van der Waals surface area (Å²) in [7, 11) is 0. The van der Waals surface area contributed by atoms with E-state index in [9.17, 15) is 18.0 Å². The van der Waals surface area contributed by atoms with Crippen LogP contribution in [0.15, 0.2) is 18.2 Å². The number of carbonyl (C=O) groups is 1. The Kier molecular flexibility index (Phi) is 3.57. The number of aryl methyl sites for hydroxylation is 1. The van der Waals surface area contributed by atoms with Crippen molar-refractivity contribution in [2.75, 3.05) is 0 Å². The molecule has 0 unspecified atom stereocenters. The predicted octanol–water partition coefficient (Wildman–Crippen LogP) is 2.76. The first-order chi connectivity index (χ1) is 7.36. The van der Waals surface area contributed by atoms with Crippen molar-refractivity contribution in [2.45, 2.75) is 25.9 Å². The minimum atomic E-state index is -4.45. The molecule has 1 aromatic carbocycles. The van der Waals surface area contributed by atoms with Crippen LogP contribution in [0.25, 0.3) is 0 Å². The Labute approximate surface area is 91.3 Å². The van der Waals surface area contributed by atoms with Gasteiger partial charge in [-0.25, -0.2) is 0 Å². The largest absolute Gasteiger partial charge is 0.416 e. The molecule has 0 fully saturated rings. The number of alkyl halides is 3. The number of nitrogens with two attached hydrogens (primary N) is 1. The van der Waals surface area contributed by atoms with E-state index < -0.39 is 17.6 Å². The van der Waals surface area contributed by atoms with E-state index in [1.165, 1.54) is 6.07 Å². The number of hydrogen-bond acceptors (Lipinski definition) is 1. The van der Waals surface area contributed by atoms with E-state index in [1.807, 2.05) is 6.92 Å². The summed E-state index contributed by atoms with van der Waals surface area (Å²) >= 11 is 0. The number of halogens is 3. The zero-order valence-corrected chi connectivity index (χ0v) is 8.77. The molecule has 0 aromatic heterocycles. The summed E-state index contributed by atoms with van der Waals surface area (Å²) in [5.74, 6) is -0.824. The zero-order chi connectivity index (χ0) is 12.3. The minimum absolute atomic E-state index is 0.0447. The molecular weight excluding hydrogens is 219 g/mol. The third-order valence-electron chi connectivity index (χ3n) is 2.22. The first-order valence-electron chi connectivity index (χ1n) is 4.86. The van der Waals surface area contributed by atoms with Crippen LogP contribution in [0.2, 0.25) is 0 Å². The summed E-state index contributed by atoms with van der Waals surface area (Å²) < 4.78 is 37.2. The van der Waals surface area contributed by atoms with Gasteiger partial charge < -0.3 is 5.73 Å². The molecule has 16 heavy (non-hydrogen) atoms. The molecule has 0 aliphatic carbocycles. The fraction of sp³-hybridized carbons (Fsp3) is 0.364. The molecular formula is C11H12F3NO. The second-order valence-corrected chi connectivity index (χ2v) is 3.48. The lowest BCUT2D eigenvalue weighted by molar-refractivity contribution is -0.137. The van der Waals surface area contributed by atoms with Gasteiger partial charge in [0, 0.05) is 5.56 Å². The second-order valence-electron chi connectivity index (χ2n) is 3.48. The fourth-order valence-electron chi connectivity index (χ4n) is 1.47. The molecule has 0 aliphatic heterocycles. The number of rotatable bonds is 3. The van der Waals surface area contributed by atoms with Crippen LogP contribution in [0.1, 0.15) is 34.8 Å². The molecule has 2 N–H and O–H groups in total. The van der Waals surface area contributed by atoms with Gasteiger partial charge in [-0.1, -0.05) is 19.4 Å². The second kappa shape index (κ2) is 4.55. The van der Waals surface area contributed by atoms with Crippen molar-refractivity contribution in [2.24, 2.45) is 5.73 Å². The average Bonchev–Trinajstić information content (AvgIpc) is 2.16. The van der Waals surface area contributed by atoms with E-state index in [1.54, 1.807) is 0 Å². The highest BCUT2D eigenvalue weighted by molar-refractivity contribution is 5.94. The van der Waals surface area contributed by atoms with E-state index in [0.717, 1.165) is 18.6 Å². The quantitative estimate of drug-likeness (QED) is 0.853. The molecule has 0 heterocycles. The smallest absolute Gasteiger partial charge is 0.366 e. The van der Waals surface area contributed by atoms with Crippen LogP contribution in [-0.4, -0.2) is 5.91 Å². The van der Waals surface area contributed by atoms with Crippen LogP contribution in [-0.2, 0) is 12.6 Å². The maximum Gasteiger partial charge on any atom is 0.416 e. The Morgan fingerprint density at radius 1 is 1.38 bits per heavy atom. The van der Waals surface area contributed by atoms with Crippen LogP contribution < -0.4 is 5.73 Å². The van der Waals surface area contributed by atoms with Gasteiger partial charge in [0.25, 0.3) is 0 Å². The number of carbonyl (C=O) groups excluding carboxylic acids is 1. The Morgan fingerprint density at radius 3 is 2.44 bits per heavy atom. The van der Waals surface area contributed by atoms with Crippen LogP contribution in [0.3, 0.4) is 0 Å². The van der Waals surface area contributed by atoms with Gasteiger partial charge in [-0.15, -0.1) is 0 Å². The maximum absolute atomic E-state index is 12.4. The van der Waals surface area contributed by atoms with Crippen molar-refractivity contribution in [3.8, 4) is 0 Å². The molecule has 0 atom stereocenters. The predicted molar refractivity (Wildman–Crippen MR) is 54.0 cm³/mol. The van der Waals surface area contributed by atoms with Crippen molar-refractivity contribution < 1.29 is 18.0 Å². The van der Waals surface area contributed by atoms with Gasteiger partial charge in [0.15, 0.2) is 0 Å². The van der Waals surface area contributed by atoms with Gasteiger partial charge >= 0.3 is 6.18 Å². The van der Waals surface area contributed by atoms with E-state index >= 15 is 0 Å². The lowest BCUT2D eigenvalue weighted by atomic mass is 10.00. The van der Waals surface area contributed by atoms with Gasteiger partial charge in [-0.2, -0.15) is 13.2 Å². The highest BCUT2D eigenvalue weighted by atomic mass is 19.4. The number of hydrogen-bond donors (Lipinski definition) is 1. The summed E-state index contributed by atoms with van der Waals surface area (Å²) in [6.45, 7) is 1.88. The van der Waals surface area contributed by atoms with E-state index in [0.29, 0.717) is 12.0 Å². The van der Waals surface area contributed by atoms with Crippen LogP contribution in [0.5, 0.6) is 0 Å². The van der Waals surface area contributed by atoms with E-state index in [4.69, 9.17) is 5.73 Å². The minimum Gasteiger partial charge on any atom is -0.366 e. The maximum atomic E-state index is 12.4. The molecule has 5 heteroatoms. The van der Waals surface area contributed by atoms with Gasteiger partial charge in [-0.3, -0.25) is 4.79 Å². The van der Waals surface area contributed by atoms with Crippen molar-refractivity contribution >= 4 is 5.91 Å².